The zero-order valence-electron chi connectivity index (χ0n) is 15.9. The van der Waals surface area contributed by atoms with Crippen molar-refractivity contribution in [1.82, 2.24) is 4.72 Å². The number of benzene rings is 3. The van der Waals surface area contributed by atoms with Crippen LogP contribution in [0.1, 0.15) is 33.1 Å². The molecule has 1 atom stereocenters. The fourth-order valence-electron chi connectivity index (χ4n) is 2.89. The maximum Gasteiger partial charge on any atom is 0.339 e. The molecule has 1 unspecified atom stereocenters. The van der Waals surface area contributed by atoms with Gasteiger partial charge in [-0.1, -0.05) is 71.8 Å². The Morgan fingerprint density at radius 2 is 1.59 bits per heavy atom. The first kappa shape index (κ1) is 21.0. The quantitative estimate of drug-likeness (QED) is 0.585. The molecule has 0 amide bonds. The number of carbonyl (C=O) groups is 1. The Morgan fingerprint density at radius 1 is 0.966 bits per heavy atom. The minimum Gasteiger partial charge on any atom is -0.465 e. The second-order valence-corrected chi connectivity index (χ2v) is 8.63. The van der Waals surface area contributed by atoms with E-state index in [9.17, 15) is 13.2 Å². The SMILES string of the molecule is COC(=O)c1cc(S(=O)(=O)NC(c2ccccc2)c2ccc(C)cc2)ccc1Cl. The van der Waals surface area contributed by atoms with E-state index in [1.165, 1.54) is 25.3 Å². The maximum atomic E-state index is 13.1. The van der Waals surface area contributed by atoms with Gasteiger partial charge in [0.25, 0.3) is 0 Å². The summed E-state index contributed by atoms with van der Waals surface area (Å²) in [5.41, 5.74) is 2.65. The second-order valence-electron chi connectivity index (χ2n) is 6.51. The van der Waals surface area contributed by atoms with Crippen molar-refractivity contribution in [3.8, 4) is 0 Å². The van der Waals surface area contributed by atoms with E-state index in [1.54, 1.807) is 0 Å². The van der Waals surface area contributed by atoms with E-state index in [0.29, 0.717) is 0 Å². The minimum absolute atomic E-state index is 0.0105. The predicted molar refractivity (Wildman–Crippen MR) is 113 cm³/mol. The van der Waals surface area contributed by atoms with E-state index in [-0.39, 0.29) is 15.5 Å². The minimum atomic E-state index is -3.96. The van der Waals surface area contributed by atoms with Gasteiger partial charge in [-0.25, -0.2) is 13.2 Å². The van der Waals surface area contributed by atoms with E-state index in [0.717, 1.165) is 16.7 Å². The predicted octanol–water partition coefficient (Wildman–Crippen LogP) is 4.50. The molecule has 3 rings (SSSR count). The summed E-state index contributed by atoms with van der Waals surface area (Å²) in [5, 5.41) is 0.119. The highest BCUT2D eigenvalue weighted by atomic mass is 35.5. The number of esters is 1. The van der Waals surface area contributed by atoms with Gasteiger partial charge in [0.2, 0.25) is 10.0 Å². The lowest BCUT2D eigenvalue weighted by atomic mass is 9.99. The maximum absolute atomic E-state index is 13.1. The summed E-state index contributed by atoms with van der Waals surface area (Å²) in [6.45, 7) is 1.97. The van der Waals surface area contributed by atoms with Crippen LogP contribution in [0.4, 0.5) is 0 Å². The van der Waals surface area contributed by atoms with Gasteiger partial charge in [-0.3, -0.25) is 0 Å². The normalized spacial score (nSPS) is 12.4. The fraction of sp³-hybridized carbons (Fsp3) is 0.136. The molecule has 0 heterocycles. The van der Waals surface area contributed by atoms with Crippen LogP contribution >= 0.6 is 11.6 Å². The van der Waals surface area contributed by atoms with Gasteiger partial charge in [0.1, 0.15) is 0 Å². The van der Waals surface area contributed by atoms with Gasteiger partial charge in [-0.15, -0.1) is 0 Å². The van der Waals surface area contributed by atoms with Gasteiger partial charge in [-0.2, -0.15) is 4.72 Å². The molecule has 0 aliphatic carbocycles. The van der Waals surface area contributed by atoms with Gasteiger partial charge in [0.05, 0.1) is 28.6 Å². The number of aryl methyl sites for hydroxylation is 1. The van der Waals surface area contributed by atoms with Crippen molar-refractivity contribution in [2.24, 2.45) is 0 Å². The Hall–Kier alpha value is -2.67. The number of ether oxygens (including phenoxy) is 1. The molecule has 0 bridgehead atoms. The van der Waals surface area contributed by atoms with Crippen molar-refractivity contribution in [2.45, 2.75) is 17.9 Å². The average molecular weight is 430 g/mol. The van der Waals surface area contributed by atoms with Crippen molar-refractivity contribution in [3.05, 3.63) is 100 Å². The molecule has 3 aromatic carbocycles. The van der Waals surface area contributed by atoms with Crippen LogP contribution in [0, 0.1) is 6.92 Å². The van der Waals surface area contributed by atoms with Gasteiger partial charge < -0.3 is 4.74 Å². The van der Waals surface area contributed by atoms with E-state index in [2.05, 4.69) is 9.46 Å². The first-order chi connectivity index (χ1) is 13.8. The largest absolute Gasteiger partial charge is 0.465 e. The van der Waals surface area contributed by atoms with Crippen LogP contribution in [0.5, 0.6) is 0 Å². The number of hydrogen-bond acceptors (Lipinski definition) is 4. The number of hydrogen-bond donors (Lipinski definition) is 1. The highest BCUT2D eigenvalue weighted by molar-refractivity contribution is 7.89. The Kier molecular flexibility index (Phi) is 6.37. The summed E-state index contributed by atoms with van der Waals surface area (Å²) in [6, 6.07) is 20.2. The fourth-order valence-corrected chi connectivity index (χ4v) is 4.33. The summed E-state index contributed by atoms with van der Waals surface area (Å²) in [7, 11) is -2.75. The molecule has 0 fully saturated rings. The van der Waals surface area contributed by atoms with Gasteiger partial charge in [-0.05, 0) is 36.2 Å². The van der Waals surface area contributed by atoms with Crippen molar-refractivity contribution in [3.63, 3.8) is 0 Å². The van der Waals surface area contributed by atoms with Crippen LogP contribution in [-0.4, -0.2) is 21.5 Å². The molecule has 0 saturated heterocycles. The molecule has 3 aromatic rings. The summed E-state index contributed by atoms with van der Waals surface area (Å²) in [5.74, 6) is -0.704. The highest BCUT2D eigenvalue weighted by Crippen LogP contribution is 2.27. The lowest BCUT2D eigenvalue weighted by molar-refractivity contribution is 0.0600. The van der Waals surface area contributed by atoms with Crippen LogP contribution in [0.25, 0.3) is 0 Å². The van der Waals surface area contributed by atoms with Crippen LogP contribution in [-0.2, 0) is 14.8 Å². The molecule has 1 N–H and O–H groups in total. The molecular formula is C22H20ClNO4S. The molecule has 0 aliphatic heterocycles. The zero-order valence-corrected chi connectivity index (χ0v) is 17.5. The molecule has 150 valence electrons. The number of carbonyl (C=O) groups excluding carboxylic acids is 1. The van der Waals surface area contributed by atoms with Crippen molar-refractivity contribution < 1.29 is 17.9 Å². The molecule has 0 spiro atoms. The van der Waals surface area contributed by atoms with Crippen molar-refractivity contribution >= 4 is 27.6 Å². The smallest absolute Gasteiger partial charge is 0.339 e. The topological polar surface area (TPSA) is 72.5 Å². The number of nitrogens with one attached hydrogen (secondary N) is 1. The standard InChI is InChI=1S/C22H20ClNO4S/c1-15-8-10-17(11-9-15)21(16-6-4-3-5-7-16)24-29(26,27)18-12-13-20(23)19(14-18)22(25)28-2/h3-14,21,24H,1-2H3. The third-order valence-electron chi connectivity index (χ3n) is 4.47. The Labute approximate surface area is 175 Å². The summed E-state index contributed by atoms with van der Waals surface area (Å²) < 4.78 is 33.7. The summed E-state index contributed by atoms with van der Waals surface area (Å²) >= 11 is 6.02. The van der Waals surface area contributed by atoms with Gasteiger partial charge in [0, 0.05) is 0 Å². The molecule has 0 radical (unpaired) electrons. The molecular weight excluding hydrogens is 410 g/mol. The third-order valence-corrected chi connectivity index (χ3v) is 6.22. The molecule has 0 saturated carbocycles. The van der Waals surface area contributed by atoms with Gasteiger partial charge >= 0.3 is 5.97 Å². The van der Waals surface area contributed by atoms with Gasteiger partial charge in [0.15, 0.2) is 0 Å². The lowest BCUT2D eigenvalue weighted by Crippen LogP contribution is -2.29. The summed E-state index contributed by atoms with van der Waals surface area (Å²) in [4.78, 5) is 11.8. The Balaban J connectivity index is 2.03. The third kappa shape index (κ3) is 4.85. The summed E-state index contributed by atoms with van der Waals surface area (Å²) in [6.07, 6.45) is 0. The molecule has 0 aromatic heterocycles. The first-order valence-corrected chi connectivity index (χ1v) is 10.7. The second kappa shape index (κ2) is 8.78. The number of methoxy groups -OCH3 is 1. The number of halogens is 1. The number of sulfonamides is 1. The van der Waals surface area contributed by atoms with Crippen LogP contribution < -0.4 is 4.72 Å². The Morgan fingerprint density at radius 3 is 2.21 bits per heavy atom. The molecule has 29 heavy (non-hydrogen) atoms. The number of rotatable bonds is 6. The van der Waals surface area contributed by atoms with E-state index in [1.807, 2.05) is 61.5 Å². The monoisotopic (exact) mass is 429 g/mol. The van der Waals surface area contributed by atoms with Crippen LogP contribution in [0.3, 0.4) is 0 Å². The van der Waals surface area contributed by atoms with E-state index in [4.69, 9.17) is 11.6 Å². The highest BCUT2D eigenvalue weighted by Gasteiger charge is 2.24. The Bertz CT molecular complexity index is 1110. The lowest BCUT2D eigenvalue weighted by Gasteiger charge is -2.20. The van der Waals surface area contributed by atoms with E-state index < -0.39 is 22.0 Å². The van der Waals surface area contributed by atoms with E-state index >= 15 is 0 Å². The van der Waals surface area contributed by atoms with Crippen LogP contribution in [0.15, 0.2) is 77.7 Å². The molecule has 5 nitrogen and oxygen atoms in total. The first-order valence-electron chi connectivity index (χ1n) is 8.83. The van der Waals surface area contributed by atoms with Crippen LogP contribution in [0.2, 0.25) is 5.02 Å². The zero-order chi connectivity index (χ0) is 21.0. The average Bonchev–Trinajstić information content (AvgIpc) is 2.73. The molecule has 7 heteroatoms. The van der Waals surface area contributed by atoms with Crippen molar-refractivity contribution in [1.29, 1.82) is 0 Å². The van der Waals surface area contributed by atoms with Crippen molar-refractivity contribution in [2.75, 3.05) is 7.11 Å². The molecule has 0 aliphatic rings.